The Morgan fingerprint density at radius 3 is 2.05 bits per heavy atom. The monoisotopic (exact) mass is 533 g/mol. The van der Waals surface area contributed by atoms with Crippen molar-refractivity contribution < 1.29 is 35.5 Å². The van der Waals surface area contributed by atoms with Crippen LogP contribution >= 0.6 is 0 Å². The standard InChI is InChI=1S/C26H30F7N3O/c1-15-10-21(27)6-7-22(15)23-17(14-34(3)4)8-9-36(23)24(37)35(5)16(2)18-11-19(25(28,29)30)13-20(12-18)26(31,32)33/h6-7,10-13,16-17,23H,8-9,14H2,1-5H3/t16-,17+,23-/m1/s1. The van der Waals surface area contributed by atoms with E-state index in [4.69, 9.17) is 0 Å². The van der Waals surface area contributed by atoms with E-state index in [0.717, 1.165) is 10.5 Å². The molecule has 1 heterocycles. The van der Waals surface area contributed by atoms with Crippen LogP contribution in [0.5, 0.6) is 0 Å². The molecule has 3 atom stereocenters. The third-order valence-corrected chi connectivity index (χ3v) is 6.89. The van der Waals surface area contributed by atoms with Crippen LogP contribution in [0.4, 0.5) is 35.5 Å². The molecule has 3 rings (SSSR count). The average Bonchev–Trinajstić information content (AvgIpc) is 3.18. The first-order chi connectivity index (χ1) is 17.0. The van der Waals surface area contributed by atoms with Crippen LogP contribution < -0.4 is 0 Å². The quantitative estimate of drug-likeness (QED) is 0.391. The largest absolute Gasteiger partial charge is 0.416 e. The number of amides is 2. The zero-order valence-electron chi connectivity index (χ0n) is 21.2. The summed E-state index contributed by atoms with van der Waals surface area (Å²) in [7, 11) is 5.13. The number of rotatable bonds is 5. The highest BCUT2D eigenvalue weighted by Crippen LogP contribution is 2.42. The molecule has 0 radical (unpaired) electrons. The highest BCUT2D eigenvalue weighted by atomic mass is 19.4. The van der Waals surface area contributed by atoms with Crippen LogP contribution in [-0.2, 0) is 12.4 Å². The number of urea groups is 1. The number of aryl methyl sites for hydroxylation is 1. The first-order valence-electron chi connectivity index (χ1n) is 11.7. The van der Waals surface area contributed by atoms with Gasteiger partial charge in [-0.1, -0.05) is 6.07 Å². The van der Waals surface area contributed by atoms with Crippen molar-refractivity contribution in [3.05, 3.63) is 70.0 Å². The zero-order valence-corrected chi connectivity index (χ0v) is 21.2. The van der Waals surface area contributed by atoms with Gasteiger partial charge in [0.25, 0.3) is 0 Å². The van der Waals surface area contributed by atoms with E-state index in [9.17, 15) is 35.5 Å². The summed E-state index contributed by atoms with van der Waals surface area (Å²) in [6.45, 7) is 4.10. The van der Waals surface area contributed by atoms with Crippen molar-refractivity contribution in [2.24, 2.45) is 5.92 Å². The maximum atomic E-state index is 13.8. The molecule has 1 fully saturated rings. The highest BCUT2D eigenvalue weighted by molar-refractivity contribution is 5.76. The maximum Gasteiger partial charge on any atom is 0.416 e. The number of carbonyl (C=O) groups excluding carboxylic acids is 1. The summed E-state index contributed by atoms with van der Waals surface area (Å²) in [5.41, 5.74) is -1.75. The van der Waals surface area contributed by atoms with E-state index in [2.05, 4.69) is 0 Å². The van der Waals surface area contributed by atoms with Crippen LogP contribution in [0, 0.1) is 18.7 Å². The summed E-state index contributed by atoms with van der Waals surface area (Å²) in [5, 5.41) is 0. The SMILES string of the molecule is Cc1cc(F)ccc1[C@H]1[C@H](CN(C)C)CCN1C(=O)N(C)[C@H](C)c1cc(C(F)(F)F)cc(C(F)(F)F)c1. The Balaban J connectivity index is 1.98. The van der Waals surface area contributed by atoms with E-state index >= 15 is 0 Å². The average molecular weight is 534 g/mol. The topological polar surface area (TPSA) is 26.8 Å². The highest BCUT2D eigenvalue weighted by Gasteiger charge is 2.42. The minimum atomic E-state index is -4.99. The summed E-state index contributed by atoms with van der Waals surface area (Å²) in [6.07, 6.45) is -9.34. The molecule has 1 aliphatic rings. The molecule has 0 spiro atoms. The number of benzene rings is 2. The molecule has 37 heavy (non-hydrogen) atoms. The number of carbonyl (C=O) groups is 1. The van der Waals surface area contributed by atoms with Crippen LogP contribution in [0.2, 0.25) is 0 Å². The molecular weight excluding hydrogens is 503 g/mol. The molecule has 0 aliphatic carbocycles. The Bertz CT molecular complexity index is 1100. The molecule has 0 aromatic heterocycles. The lowest BCUT2D eigenvalue weighted by Crippen LogP contribution is -2.43. The summed E-state index contributed by atoms with van der Waals surface area (Å²) in [6, 6.07) is 3.60. The summed E-state index contributed by atoms with van der Waals surface area (Å²) in [5.74, 6) is -0.422. The first-order valence-corrected chi connectivity index (χ1v) is 11.7. The molecule has 2 aromatic rings. The Morgan fingerprint density at radius 1 is 1.00 bits per heavy atom. The second-order valence-electron chi connectivity index (χ2n) is 9.86. The van der Waals surface area contributed by atoms with Gasteiger partial charge in [-0.15, -0.1) is 0 Å². The van der Waals surface area contributed by atoms with Crippen molar-refractivity contribution in [1.29, 1.82) is 0 Å². The van der Waals surface area contributed by atoms with Gasteiger partial charge in [-0.25, -0.2) is 9.18 Å². The van der Waals surface area contributed by atoms with Gasteiger partial charge in [-0.3, -0.25) is 0 Å². The Morgan fingerprint density at radius 2 is 1.57 bits per heavy atom. The predicted molar refractivity (Wildman–Crippen MR) is 125 cm³/mol. The number of halogens is 7. The van der Waals surface area contributed by atoms with Gasteiger partial charge in [0, 0.05) is 20.1 Å². The van der Waals surface area contributed by atoms with E-state index < -0.39 is 47.4 Å². The van der Waals surface area contributed by atoms with E-state index in [1.54, 1.807) is 17.9 Å². The molecule has 0 bridgehead atoms. The molecule has 2 aromatic carbocycles. The third-order valence-electron chi connectivity index (χ3n) is 6.89. The van der Waals surface area contributed by atoms with E-state index in [1.807, 2.05) is 19.0 Å². The summed E-state index contributed by atoms with van der Waals surface area (Å²) in [4.78, 5) is 18.3. The van der Waals surface area contributed by atoms with Crippen molar-refractivity contribution in [3.8, 4) is 0 Å². The van der Waals surface area contributed by atoms with Crippen molar-refractivity contribution >= 4 is 6.03 Å². The molecule has 0 unspecified atom stereocenters. The summed E-state index contributed by atoms with van der Waals surface area (Å²) < 4.78 is 94.0. The molecule has 204 valence electrons. The van der Waals surface area contributed by atoms with Crippen molar-refractivity contribution in [1.82, 2.24) is 14.7 Å². The molecule has 1 aliphatic heterocycles. The van der Waals surface area contributed by atoms with Gasteiger partial charge in [0.2, 0.25) is 0 Å². The van der Waals surface area contributed by atoms with Gasteiger partial charge in [-0.05, 0) is 87.3 Å². The second-order valence-corrected chi connectivity index (χ2v) is 9.86. The van der Waals surface area contributed by atoms with Gasteiger partial charge >= 0.3 is 18.4 Å². The lowest BCUT2D eigenvalue weighted by molar-refractivity contribution is -0.143. The Labute approximate surface area is 211 Å². The Hall–Kier alpha value is -2.82. The molecule has 2 amide bonds. The smallest absolute Gasteiger partial charge is 0.321 e. The lowest BCUT2D eigenvalue weighted by Gasteiger charge is -2.36. The second kappa shape index (κ2) is 10.5. The summed E-state index contributed by atoms with van der Waals surface area (Å²) >= 11 is 0. The van der Waals surface area contributed by atoms with Crippen LogP contribution in [-0.4, -0.2) is 55.0 Å². The minimum absolute atomic E-state index is 0.00259. The van der Waals surface area contributed by atoms with Crippen LogP contribution in [0.3, 0.4) is 0 Å². The number of hydrogen-bond donors (Lipinski definition) is 0. The van der Waals surface area contributed by atoms with Crippen molar-refractivity contribution in [2.45, 2.75) is 44.7 Å². The van der Waals surface area contributed by atoms with Gasteiger partial charge < -0.3 is 14.7 Å². The van der Waals surface area contributed by atoms with E-state index in [-0.39, 0.29) is 17.5 Å². The van der Waals surface area contributed by atoms with Crippen molar-refractivity contribution in [3.63, 3.8) is 0 Å². The number of hydrogen-bond acceptors (Lipinski definition) is 2. The molecular formula is C26H30F7N3O. The molecule has 11 heteroatoms. The van der Waals surface area contributed by atoms with Gasteiger partial charge in [0.15, 0.2) is 0 Å². The lowest BCUT2D eigenvalue weighted by atomic mass is 9.90. The van der Waals surface area contributed by atoms with Crippen LogP contribution in [0.25, 0.3) is 0 Å². The van der Waals surface area contributed by atoms with E-state index in [1.165, 1.54) is 26.1 Å². The molecule has 0 saturated carbocycles. The van der Waals surface area contributed by atoms with Crippen molar-refractivity contribution in [2.75, 3.05) is 34.2 Å². The fourth-order valence-electron chi connectivity index (χ4n) is 4.94. The zero-order chi connectivity index (χ0) is 27.9. The predicted octanol–water partition coefficient (Wildman–Crippen LogP) is 6.91. The normalized spacial score (nSPS) is 19.4. The number of alkyl halides is 6. The fraction of sp³-hybridized carbons (Fsp3) is 0.500. The van der Waals surface area contributed by atoms with Crippen LogP contribution in [0.1, 0.15) is 53.2 Å². The van der Waals surface area contributed by atoms with E-state index in [0.29, 0.717) is 37.2 Å². The van der Waals surface area contributed by atoms with Gasteiger partial charge in [-0.2, -0.15) is 26.3 Å². The maximum absolute atomic E-state index is 13.8. The first kappa shape index (κ1) is 28.7. The third kappa shape index (κ3) is 6.37. The van der Waals surface area contributed by atoms with Gasteiger partial charge in [0.1, 0.15) is 5.82 Å². The molecule has 1 saturated heterocycles. The fourth-order valence-corrected chi connectivity index (χ4v) is 4.94. The Kier molecular flexibility index (Phi) is 8.16. The number of nitrogens with zero attached hydrogens (tertiary/aromatic N) is 3. The van der Waals surface area contributed by atoms with Crippen LogP contribution in [0.15, 0.2) is 36.4 Å². The minimum Gasteiger partial charge on any atom is -0.321 e. The van der Waals surface area contributed by atoms with Gasteiger partial charge in [0.05, 0.1) is 23.2 Å². The molecule has 0 N–H and O–H groups in total. The molecule has 4 nitrogen and oxygen atoms in total. The number of likely N-dealkylation sites (tertiary alicyclic amines) is 1.